The maximum absolute atomic E-state index is 11.2. The van der Waals surface area contributed by atoms with Gasteiger partial charge >= 0.3 is 0 Å². The van der Waals surface area contributed by atoms with Crippen molar-refractivity contribution in [1.82, 2.24) is 15.2 Å². The fraction of sp³-hybridized carbons (Fsp3) is 0.600. The molecule has 6 heteroatoms. The highest BCUT2D eigenvalue weighted by Crippen LogP contribution is 2.03. The normalized spacial score (nSPS) is 11.2. The van der Waals surface area contributed by atoms with Gasteiger partial charge in [0.2, 0.25) is 5.95 Å². The summed E-state index contributed by atoms with van der Waals surface area (Å²) in [4.78, 5) is 13.7. The van der Waals surface area contributed by atoms with Crippen LogP contribution >= 0.6 is 0 Å². The standard InChI is InChI=1S/C10H17N5O/c1-4-8(5-2)6-11-14-10-12-9(16)7(3)13-15-10/h6,8H,4-5H2,1-3H3,(H2,12,14,15,16). The molecule has 0 fully saturated rings. The zero-order valence-electron chi connectivity index (χ0n) is 9.82. The van der Waals surface area contributed by atoms with E-state index >= 15 is 0 Å². The summed E-state index contributed by atoms with van der Waals surface area (Å²) in [6.07, 6.45) is 3.90. The minimum atomic E-state index is -0.254. The van der Waals surface area contributed by atoms with Crippen LogP contribution in [-0.4, -0.2) is 21.4 Å². The molecule has 0 aromatic carbocycles. The van der Waals surface area contributed by atoms with E-state index in [2.05, 4.69) is 39.6 Å². The second-order valence-electron chi connectivity index (χ2n) is 3.55. The molecule has 0 bridgehead atoms. The fourth-order valence-corrected chi connectivity index (χ4v) is 1.15. The Morgan fingerprint density at radius 2 is 2.12 bits per heavy atom. The number of anilines is 1. The second-order valence-corrected chi connectivity index (χ2v) is 3.55. The molecule has 16 heavy (non-hydrogen) atoms. The van der Waals surface area contributed by atoms with Gasteiger partial charge in [-0.3, -0.25) is 9.78 Å². The quantitative estimate of drug-likeness (QED) is 0.582. The molecular weight excluding hydrogens is 206 g/mol. The molecule has 0 radical (unpaired) electrons. The molecule has 0 aliphatic rings. The van der Waals surface area contributed by atoms with Crippen LogP contribution < -0.4 is 11.0 Å². The van der Waals surface area contributed by atoms with Crippen LogP contribution in [0.2, 0.25) is 0 Å². The molecule has 88 valence electrons. The van der Waals surface area contributed by atoms with E-state index in [9.17, 15) is 4.79 Å². The number of aromatic nitrogens is 3. The van der Waals surface area contributed by atoms with Gasteiger partial charge in [-0.15, -0.1) is 10.2 Å². The lowest BCUT2D eigenvalue weighted by atomic mass is 10.1. The Balaban J connectivity index is 2.61. The van der Waals surface area contributed by atoms with Gasteiger partial charge in [-0.25, -0.2) is 5.43 Å². The summed E-state index contributed by atoms with van der Waals surface area (Å²) in [6, 6.07) is 0. The third kappa shape index (κ3) is 3.45. The van der Waals surface area contributed by atoms with E-state index in [4.69, 9.17) is 0 Å². The Labute approximate surface area is 94.2 Å². The summed E-state index contributed by atoms with van der Waals surface area (Å²) < 4.78 is 0. The molecule has 0 atom stereocenters. The van der Waals surface area contributed by atoms with Gasteiger partial charge in [0.25, 0.3) is 5.56 Å². The van der Waals surface area contributed by atoms with Crippen LogP contribution in [-0.2, 0) is 0 Å². The maximum atomic E-state index is 11.2. The number of H-pyrrole nitrogens is 1. The molecule has 1 rings (SSSR count). The number of aromatic amines is 1. The summed E-state index contributed by atoms with van der Waals surface area (Å²) in [5, 5.41) is 11.5. The van der Waals surface area contributed by atoms with E-state index in [0.29, 0.717) is 11.6 Å². The van der Waals surface area contributed by atoms with Crippen molar-refractivity contribution in [2.45, 2.75) is 33.6 Å². The zero-order chi connectivity index (χ0) is 12.0. The maximum Gasteiger partial charge on any atom is 0.274 e. The molecule has 0 amide bonds. The van der Waals surface area contributed by atoms with Crippen molar-refractivity contribution < 1.29 is 0 Å². The first-order valence-electron chi connectivity index (χ1n) is 5.40. The SMILES string of the molecule is CCC(C=NNc1nnc(C)c(=O)[nH]1)CC. The molecule has 6 nitrogen and oxygen atoms in total. The first-order chi connectivity index (χ1) is 7.67. The van der Waals surface area contributed by atoms with Gasteiger partial charge in [-0.2, -0.15) is 5.10 Å². The Morgan fingerprint density at radius 1 is 1.44 bits per heavy atom. The third-order valence-electron chi connectivity index (χ3n) is 2.37. The monoisotopic (exact) mass is 223 g/mol. The Kier molecular flexibility index (Phi) is 4.63. The highest BCUT2D eigenvalue weighted by Gasteiger charge is 1.99. The van der Waals surface area contributed by atoms with Crippen molar-refractivity contribution in [3.63, 3.8) is 0 Å². The van der Waals surface area contributed by atoms with Gasteiger partial charge in [0.05, 0.1) is 0 Å². The summed E-state index contributed by atoms with van der Waals surface area (Å²) in [6.45, 7) is 5.81. The van der Waals surface area contributed by atoms with Crippen LogP contribution in [0.25, 0.3) is 0 Å². The number of nitrogens with one attached hydrogen (secondary N) is 2. The first-order valence-corrected chi connectivity index (χ1v) is 5.40. The van der Waals surface area contributed by atoms with Gasteiger partial charge in [0.1, 0.15) is 5.69 Å². The minimum absolute atomic E-state index is 0.254. The molecule has 0 unspecified atom stereocenters. The van der Waals surface area contributed by atoms with Crippen molar-refractivity contribution in [2.75, 3.05) is 5.43 Å². The summed E-state index contributed by atoms with van der Waals surface area (Å²) >= 11 is 0. The predicted molar refractivity (Wildman–Crippen MR) is 63.6 cm³/mol. The molecule has 1 aromatic heterocycles. The minimum Gasteiger partial charge on any atom is -0.288 e. The molecule has 0 saturated carbocycles. The number of hydrogen-bond donors (Lipinski definition) is 2. The topological polar surface area (TPSA) is 83.0 Å². The lowest BCUT2D eigenvalue weighted by Gasteiger charge is -2.04. The number of rotatable bonds is 5. The number of aryl methyl sites for hydroxylation is 1. The van der Waals surface area contributed by atoms with E-state index in [-0.39, 0.29) is 11.5 Å². The van der Waals surface area contributed by atoms with Gasteiger partial charge < -0.3 is 0 Å². The van der Waals surface area contributed by atoms with Crippen molar-refractivity contribution in [3.8, 4) is 0 Å². The molecular formula is C10H17N5O. The summed E-state index contributed by atoms with van der Waals surface area (Å²) in [5.74, 6) is 0.704. The lowest BCUT2D eigenvalue weighted by molar-refractivity contribution is 0.654. The molecule has 0 saturated heterocycles. The highest BCUT2D eigenvalue weighted by atomic mass is 16.1. The largest absolute Gasteiger partial charge is 0.288 e. The van der Waals surface area contributed by atoms with E-state index in [1.54, 1.807) is 6.92 Å². The third-order valence-corrected chi connectivity index (χ3v) is 2.37. The van der Waals surface area contributed by atoms with E-state index < -0.39 is 0 Å². The second kappa shape index (κ2) is 5.99. The highest BCUT2D eigenvalue weighted by molar-refractivity contribution is 5.61. The number of hydrogen-bond acceptors (Lipinski definition) is 5. The van der Waals surface area contributed by atoms with Gasteiger partial charge in [-0.05, 0) is 25.7 Å². The predicted octanol–water partition coefficient (Wildman–Crippen LogP) is 1.31. The van der Waals surface area contributed by atoms with Crippen molar-refractivity contribution in [2.24, 2.45) is 11.0 Å². The van der Waals surface area contributed by atoms with Crippen LogP contribution in [0.4, 0.5) is 5.95 Å². The number of nitrogens with zero attached hydrogens (tertiary/aromatic N) is 3. The smallest absolute Gasteiger partial charge is 0.274 e. The van der Waals surface area contributed by atoms with E-state index in [0.717, 1.165) is 12.8 Å². The van der Waals surface area contributed by atoms with Gasteiger partial charge in [-0.1, -0.05) is 13.8 Å². The Morgan fingerprint density at radius 3 is 2.69 bits per heavy atom. The van der Waals surface area contributed by atoms with Crippen molar-refractivity contribution >= 4 is 12.2 Å². The zero-order valence-corrected chi connectivity index (χ0v) is 9.82. The van der Waals surface area contributed by atoms with E-state index in [1.165, 1.54) is 0 Å². The van der Waals surface area contributed by atoms with Crippen LogP contribution in [0.5, 0.6) is 0 Å². The average Bonchev–Trinajstić information content (AvgIpc) is 2.29. The van der Waals surface area contributed by atoms with Gasteiger partial charge in [0.15, 0.2) is 0 Å². The summed E-state index contributed by atoms with van der Waals surface area (Å²) in [5.41, 5.74) is 2.74. The van der Waals surface area contributed by atoms with Crippen LogP contribution in [0.1, 0.15) is 32.4 Å². The van der Waals surface area contributed by atoms with E-state index in [1.807, 2.05) is 6.21 Å². The molecule has 1 heterocycles. The van der Waals surface area contributed by atoms with Crippen LogP contribution in [0.15, 0.2) is 9.90 Å². The summed E-state index contributed by atoms with van der Waals surface area (Å²) in [7, 11) is 0. The first kappa shape index (κ1) is 12.4. The molecule has 0 spiro atoms. The fourth-order valence-electron chi connectivity index (χ4n) is 1.15. The Bertz CT molecular complexity index is 408. The van der Waals surface area contributed by atoms with Gasteiger partial charge in [0, 0.05) is 6.21 Å². The molecule has 1 aromatic rings. The molecule has 0 aliphatic carbocycles. The van der Waals surface area contributed by atoms with Crippen molar-refractivity contribution in [3.05, 3.63) is 16.0 Å². The van der Waals surface area contributed by atoms with Crippen LogP contribution in [0, 0.1) is 12.8 Å². The lowest BCUT2D eigenvalue weighted by Crippen LogP contribution is -2.15. The number of hydrazone groups is 1. The Hall–Kier alpha value is -1.72. The molecule has 0 aliphatic heterocycles. The van der Waals surface area contributed by atoms with Crippen LogP contribution in [0.3, 0.4) is 0 Å². The average molecular weight is 223 g/mol. The van der Waals surface area contributed by atoms with Crippen molar-refractivity contribution in [1.29, 1.82) is 0 Å². The molecule has 2 N–H and O–H groups in total.